The van der Waals surface area contributed by atoms with Crippen LogP contribution in [0.3, 0.4) is 0 Å². The van der Waals surface area contributed by atoms with Crippen molar-refractivity contribution in [3.8, 4) is 0 Å². The molecule has 12 heteroatoms. The van der Waals surface area contributed by atoms with E-state index in [9.17, 15) is 23.1 Å². The first-order valence-electron chi connectivity index (χ1n) is 10.3. The number of hydrogen-bond donors (Lipinski definition) is 3. The van der Waals surface area contributed by atoms with Gasteiger partial charge in [-0.05, 0) is 24.6 Å². The van der Waals surface area contributed by atoms with E-state index in [4.69, 9.17) is 5.11 Å². The lowest BCUT2D eigenvalue weighted by atomic mass is 10.1. The molecule has 1 aliphatic heterocycles. The Morgan fingerprint density at radius 3 is 2.76 bits per heavy atom. The van der Waals surface area contributed by atoms with E-state index >= 15 is 0 Å². The highest BCUT2D eigenvalue weighted by molar-refractivity contribution is 7.22. The average Bonchev–Trinajstić information content (AvgIpc) is 3.16. The Balaban J connectivity index is 1.41. The van der Waals surface area contributed by atoms with E-state index in [1.807, 2.05) is 6.92 Å². The second-order valence-corrected chi connectivity index (χ2v) is 8.89. The van der Waals surface area contributed by atoms with E-state index in [0.29, 0.717) is 18.7 Å². The first-order chi connectivity index (χ1) is 15.7. The van der Waals surface area contributed by atoms with Gasteiger partial charge in [-0.1, -0.05) is 11.3 Å². The number of piperazine rings is 1. The minimum absolute atomic E-state index is 0.00827. The van der Waals surface area contributed by atoms with Crippen molar-refractivity contribution in [2.45, 2.75) is 25.5 Å². The summed E-state index contributed by atoms with van der Waals surface area (Å²) >= 11 is 0.972. The van der Waals surface area contributed by atoms with Crippen LogP contribution in [0.4, 0.5) is 28.9 Å². The van der Waals surface area contributed by atoms with Gasteiger partial charge in [-0.15, -0.1) is 0 Å². The molecule has 1 saturated heterocycles. The van der Waals surface area contributed by atoms with Crippen LogP contribution >= 0.6 is 11.3 Å². The van der Waals surface area contributed by atoms with E-state index < -0.39 is 36.2 Å². The summed E-state index contributed by atoms with van der Waals surface area (Å²) in [7, 11) is 0. The molecule has 8 nitrogen and oxygen atoms in total. The van der Waals surface area contributed by atoms with Crippen LogP contribution in [0.15, 0.2) is 24.4 Å². The van der Waals surface area contributed by atoms with Crippen molar-refractivity contribution in [2.75, 3.05) is 36.5 Å². The average molecular weight is 482 g/mol. The molecule has 1 aliphatic rings. The number of carbonyl (C=O) groups excluding carboxylic acids is 1. The second kappa shape index (κ2) is 9.49. The van der Waals surface area contributed by atoms with Crippen molar-refractivity contribution in [3.05, 3.63) is 47.4 Å². The number of aliphatic hydroxyl groups is 2. The molecule has 33 heavy (non-hydrogen) atoms. The molecule has 3 aromatic rings. The van der Waals surface area contributed by atoms with Gasteiger partial charge in [-0.2, -0.15) is 0 Å². The number of nitrogens with zero attached hydrogens (tertiary/aromatic N) is 4. The zero-order valence-corrected chi connectivity index (χ0v) is 18.4. The fourth-order valence-corrected chi connectivity index (χ4v) is 4.67. The quantitative estimate of drug-likeness (QED) is 0.518. The van der Waals surface area contributed by atoms with Gasteiger partial charge in [0.05, 0.1) is 17.4 Å². The number of thiazole rings is 1. The molecule has 0 saturated carbocycles. The lowest BCUT2D eigenvalue weighted by molar-refractivity contribution is 0.0954. The number of hydrogen-bond acceptors (Lipinski definition) is 7. The van der Waals surface area contributed by atoms with Crippen molar-refractivity contribution < 1.29 is 28.2 Å². The molecule has 0 unspecified atom stereocenters. The van der Waals surface area contributed by atoms with Gasteiger partial charge < -0.3 is 20.0 Å². The van der Waals surface area contributed by atoms with Gasteiger partial charge in [-0.3, -0.25) is 5.32 Å². The smallest absolute Gasteiger partial charge is 0.324 e. The molecule has 176 valence electrons. The van der Waals surface area contributed by atoms with Crippen LogP contribution in [0.25, 0.3) is 10.2 Å². The molecule has 0 spiro atoms. The maximum absolute atomic E-state index is 14.6. The van der Waals surface area contributed by atoms with E-state index in [2.05, 4.69) is 15.3 Å². The third-order valence-electron chi connectivity index (χ3n) is 5.38. The van der Waals surface area contributed by atoms with Gasteiger partial charge in [-0.25, -0.2) is 27.9 Å². The lowest BCUT2D eigenvalue weighted by Crippen LogP contribution is -2.55. The number of halogens is 3. The molecule has 1 fully saturated rings. The fourth-order valence-electron chi connectivity index (χ4n) is 3.78. The van der Waals surface area contributed by atoms with Crippen molar-refractivity contribution in [3.63, 3.8) is 0 Å². The number of benzene rings is 1. The molecule has 3 heterocycles. The van der Waals surface area contributed by atoms with Crippen LogP contribution in [-0.4, -0.2) is 69.5 Å². The summed E-state index contributed by atoms with van der Waals surface area (Å²) in [5.41, 5.74) is 0.460. The topological polar surface area (TPSA) is 102 Å². The monoisotopic (exact) mass is 481 g/mol. The van der Waals surface area contributed by atoms with Crippen LogP contribution in [0.5, 0.6) is 0 Å². The van der Waals surface area contributed by atoms with Gasteiger partial charge in [0.1, 0.15) is 11.3 Å². The Morgan fingerprint density at radius 2 is 2.06 bits per heavy atom. The molecule has 0 bridgehead atoms. The molecule has 3 N–H and O–H groups in total. The Hall–Kier alpha value is -2.96. The number of aromatic nitrogens is 2. The summed E-state index contributed by atoms with van der Waals surface area (Å²) in [5.74, 6) is -1.92. The summed E-state index contributed by atoms with van der Waals surface area (Å²) in [4.78, 5) is 24.2. The third kappa shape index (κ3) is 5.02. The SMILES string of the molecule is C[C@H]1CN(c2ncc(C[C@H](O)CO)cc2F)CCN1C(=O)Nc1nc2c(F)cc(F)cc2s1. The zero-order chi connectivity index (χ0) is 23.7. The van der Waals surface area contributed by atoms with E-state index in [1.54, 1.807) is 9.80 Å². The first kappa shape index (κ1) is 23.2. The Labute approximate surface area is 191 Å². The van der Waals surface area contributed by atoms with Crippen LogP contribution in [0, 0.1) is 17.5 Å². The van der Waals surface area contributed by atoms with Gasteiger partial charge in [0, 0.05) is 44.4 Å². The molecule has 2 atom stereocenters. The minimum atomic E-state index is -0.981. The summed E-state index contributed by atoms with van der Waals surface area (Å²) < 4.78 is 42.2. The molecule has 0 aliphatic carbocycles. The molecule has 1 aromatic carbocycles. The summed E-state index contributed by atoms with van der Waals surface area (Å²) in [6.45, 7) is 2.33. The van der Waals surface area contributed by atoms with Crippen molar-refractivity contribution in [2.24, 2.45) is 0 Å². The molecular weight excluding hydrogens is 459 g/mol. The Kier molecular flexibility index (Phi) is 6.68. The maximum atomic E-state index is 14.6. The molecule has 2 amide bonds. The number of pyridine rings is 1. The Morgan fingerprint density at radius 1 is 1.27 bits per heavy atom. The van der Waals surface area contributed by atoms with Crippen molar-refractivity contribution in [1.82, 2.24) is 14.9 Å². The summed E-state index contributed by atoms with van der Waals surface area (Å²) in [6, 6.07) is 2.44. The third-order valence-corrected chi connectivity index (χ3v) is 6.29. The van der Waals surface area contributed by atoms with Crippen molar-refractivity contribution >= 4 is 38.5 Å². The standard InChI is InChI=1S/C21H22F3N5O3S/c1-11-9-28(19-16(24)5-12(8-25-19)4-14(31)10-30)2-3-29(11)21(32)27-20-26-18-15(23)6-13(22)7-17(18)33-20/h5-8,11,14,30-31H,2-4,9-10H2,1H3,(H,26,27,32)/t11-,14-/m0/s1. The normalized spacial score (nSPS) is 17.5. The number of carbonyl (C=O) groups is 1. The lowest BCUT2D eigenvalue weighted by Gasteiger charge is -2.40. The van der Waals surface area contributed by atoms with E-state index in [0.717, 1.165) is 23.5 Å². The summed E-state index contributed by atoms with van der Waals surface area (Å²) in [5, 5.41) is 21.2. The number of fused-ring (bicyclic) bond motifs is 1. The van der Waals surface area contributed by atoms with Gasteiger partial charge in [0.15, 0.2) is 22.6 Å². The molecule has 4 rings (SSSR count). The number of amides is 2. The summed E-state index contributed by atoms with van der Waals surface area (Å²) in [6.07, 6.45) is 0.564. The number of aliphatic hydroxyl groups excluding tert-OH is 2. The number of nitrogens with one attached hydrogen (secondary N) is 1. The number of rotatable bonds is 5. The van der Waals surface area contributed by atoms with Crippen molar-refractivity contribution in [1.29, 1.82) is 0 Å². The predicted octanol–water partition coefficient (Wildman–Crippen LogP) is 2.75. The maximum Gasteiger partial charge on any atom is 0.324 e. The van der Waals surface area contributed by atoms with Gasteiger partial charge in [0.2, 0.25) is 0 Å². The predicted molar refractivity (Wildman–Crippen MR) is 118 cm³/mol. The van der Waals surface area contributed by atoms with Crippen LogP contribution in [-0.2, 0) is 6.42 Å². The fraction of sp³-hybridized carbons (Fsp3) is 0.381. The second-order valence-electron chi connectivity index (χ2n) is 7.86. The molecule has 2 aromatic heterocycles. The Bertz CT molecular complexity index is 1180. The van der Waals surface area contributed by atoms with Crippen LogP contribution in [0.2, 0.25) is 0 Å². The largest absolute Gasteiger partial charge is 0.394 e. The first-order valence-corrected chi connectivity index (χ1v) is 11.1. The van der Waals surface area contributed by atoms with Gasteiger partial charge >= 0.3 is 6.03 Å². The molecule has 0 radical (unpaired) electrons. The highest BCUT2D eigenvalue weighted by Gasteiger charge is 2.30. The van der Waals surface area contributed by atoms with E-state index in [-0.39, 0.29) is 40.2 Å². The zero-order valence-electron chi connectivity index (χ0n) is 17.6. The minimum Gasteiger partial charge on any atom is -0.394 e. The van der Waals surface area contributed by atoms with Crippen LogP contribution in [0.1, 0.15) is 12.5 Å². The van der Waals surface area contributed by atoms with E-state index in [1.165, 1.54) is 12.3 Å². The van der Waals surface area contributed by atoms with Crippen LogP contribution < -0.4 is 10.2 Å². The number of urea groups is 1. The molecular formula is C21H22F3N5O3S. The highest BCUT2D eigenvalue weighted by Crippen LogP contribution is 2.29. The van der Waals surface area contributed by atoms with Gasteiger partial charge in [0.25, 0.3) is 0 Å². The number of anilines is 2. The highest BCUT2D eigenvalue weighted by atomic mass is 32.1.